The van der Waals surface area contributed by atoms with E-state index in [1.165, 1.54) is 25.6 Å². The van der Waals surface area contributed by atoms with E-state index >= 15 is 0 Å². The molecule has 0 amide bonds. The first-order chi connectivity index (χ1) is 7.68. The zero-order valence-electron chi connectivity index (χ0n) is 9.37. The number of aromatic amines is 1. The molecule has 1 atom stereocenters. The second-order valence-electron chi connectivity index (χ2n) is 4.39. The topological polar surface area (TPSA) is 49.0 Å². The Bertz CT molecular complexity index is 418. The molecule has 0 aliphatic carbocycles. The average molecular weight is 286 g/mol. The molecule has 1 fully saturated rings. The van der Waals surface area contributed by atoms with Crippen molar-refractivity contribution >= 4 is 21.7 Å². The van der Waals surface area contributed by atoms with Gasteiger partial charge in [-0.1, -0.05) is 6.92 Å². The van der Waals surface area contributed by atoms with E-state index in [1.54, 1.807) is 0 Å². The average Bonchev–Trinajstić information content (AvgIpc) is 2.47. The number of hydrogen-bond donors (Lipinski definition) is 1. The first-order valence-electron chi connectivity index (χ1n) is 5.66. The largest absolute Gasteiger partial charge is 0.355 e. The van der Waals surface area contributed by atoms with Gasteiger partial charge in [0.05, 0.1) is 6.33 Å². The van der Waals surface area contributed by atoms with Gasteiger partial charge in [0.2, 0.25) is 0 Å². The Morgan fingerprint density at radius 2 is 2.31 bits per heavy atom. The summed E-state index contributed by atoms with van der Waals surface area (Å²) in [6.07, 6.45) is 5.07. The predicted octanol–water partition coefficient (Wildman–Crippen LogP) is 2.16. The molecule has 1 saturated heterocycles. The minimum Gasteiger partial charge on any atom is -0.355 e. The summed E-state index contributed by atoms with van der Waals surface area (Å²) in [6, 6.07) is 0. The number of rotatable bonds is 1. The molecular weight excluding hydrogens is 270 g/mol. The normalized spacial score (nSPS) is 21.9. The lowest BCUT2D eigenvalue weighted by atomic mass is 10.0. The van der Waals surface area contributed by atoms with E-state index in [-0.39, 0.29) is 5.56 Å². The number of nitrogens with zero attached hydrogens (tertiary/aromatic N) is 2. The van der Waals surface area contributed by atoms with Crippen molar-refractivity contribution in [2.24, 2.45) is 5.92 Å². The van der Waals surface area contributed by atoms with E-state index in [0.717, 1.165) is 24.8 Å². The summed E-state index contributed by atoms with van der Waals surface area (Å²) in [5.41, 5.74) is -0.109. The van der Waals surface area contributed by atoms with E-state index in [1.807, 2.05) is 0 Å². The summed E-state index contributed by atoms with van der Waals surface area (Å²) in [7, 11) is 0. The van der Waals surface area contributed by atoms with Gasteiger partial charge in [-0.25, -0.2) is 4.98 Å². The van der Waals surface area contributed by atoms with Crippen LogP contribution in [-0.2, 0) is 0 Å². The molecule has 2 rings (SSSR count). The highest BCUT2D eigenvalue weighted by molar-refractivity contribution is 9.10. The zero-order chi connectivity index (χ0) is 11.5. The zero-order valence-corrected chi connectivity index (χ0v) is 11.0. The Labute approximate surface area is 103 Å². The van der Waals surface area contributed by atoms with Crippen LogP contribution >= 0.6 is 15.9 Å². The van der Waals surface area contributed by atoms with Crippen molar-refractivity contribution in [2.75, 3.05) is 18.0 Å². The molecular formula is C11H16BrN3O. The highest BCUT2D eigenvalue weighted by atomic mass is 79.9. The SMILES string of the molecule is CC1CCCN(c2nc[nH]c(=O)c2Br)CC1. The van der Waals surface area contributed by atoms with Crippen LogP contribution < -0.4 is 10.5 Å². The van der Waals surface area contributed by atoms with Crippen LogP contribution in [0, 0.1) is 5.92 Å². The molecule has 5 heteroatoms. The van der Waals surface area contributed by atoms with E-state index in [2.05, 4.69) is 37.7 Å². The van der Waals surface area contributed by atoms with Crippen molar-refractivity contribution in [3.8, 4) is 0 Å². The fraction of sp³-hybridized carbons (Fsp3) is 0.636. The summed E-state index contributed by atoms with van der Waals surface area (Å²) in [5.74, 6) is 1.55. The van der Waals surface area contributed by atoms with Crippen molar-refractivity contribution in [2.45, 2.75) is 26.2 Å². The van der Waals surface area contributed by atoms with Gasteiger partial charge in [0.25, 0.3) is 5.56 Å². The Hall–Kier alpha value is -0.840. The lowest BCUT2D eigenvalue weighted by Gasteiger charge is -2.21. The molecule has 0 radical (unpaired) electrons. The standard InChI is InChI=1S/C11H16BrN3O/c1-8-3-2-5-15(6-4-8)10-9(12)11(16)14-7-13-10/h7-8H,2-6H2,1H3,(H,13,14,16). The number of H-pyrrole nitrogens is 1. The van der Waals surface area contributed by atoms with Crippen LogP contribution in [0.5, 0.6) is 0 Å². The molecule has 88 valence electrons. The summed E-state index contributed by atoms with van der Waals surface area (Å²) >= 11 is 3.31. The Kier molecular flexibility index (Phi) is 3.63. The first kappa shape index (κ1) is 11.6. The highest BCUT2D eigenvalue weighted by Crippen LogP contribution is 2.24. The molecule has 0 saturated carbocycles. The Morgan fingerprint density at radius 3 is 3.12 bits per heavy atom. The van der Waals surface area contributed by atoms with Gasteiger partial charge in [0.1, 0.15) is 10.3 Å². The van der Waals surface area contributed by atoms with Crippen LogP contribution in [0.3, 0.4) is 0 Å². The summed E-state index contributed by atoms with van der Waals surface area (Å²) in [6.45, 7) is 4.25. The van der Waals surface area contributed by atoms with Crippen molar-refractivity contribution in [1.29, 1.82) is 0 Å². The van der Waals surface area contributed by atoms with Crippen molar-refractivity contribution in [3.05, 3.63) is 21.2 Å². The predicted molar refractivity (Wildman–Crippen MR) is 67.8 cm³/mol. The Morgan fingerprint density at radius 1 is 1.50 bits per heavy atom. The van der Waals surface area contributed by atoms with Crippen LogP contribution in [0.15, 0.2) is 15.6 Å². The van der Waals surface area contributed by atoms with E-state index in [4.69, 9.17) is 0 Å². The summed E-state index contributed by atoms with van der Waals surface area (Å²) < 4.78 is 0.546. The molecule has 1 aliphatic rings. The van der Waals surface area contributed by atoms with Gasteiger partial charge in [-0.2, -0.15) is 0 Å². The van der Waals surface area contributed by atoms with E-state index in [0.29, 0.717) is 4.47 Å². The molecule has 1 aromatic rings. The van der Waals surface area contributed by atoms with Gasteiger partial charge in [-0.05, 0) is 41.1 Å². The smallest absolute Gasteiger partial charge is 0.267 e. The fourth-order valence-electron chi connectivity index (χ4n) is 2.07. The van der Waals surface area contributed by atoms with Gasteiger partial charge in [-0.3, -0.25) is 4.79 Å². The molecule has 1 unspecified atom stereocenters. The van der Waals surface area contributed by atoms with Gasteiger partial charge in [0, 0.05) is 13.1 Å². The van der Waals surface area contributed by atoms with Crippen LogP contribution in [0.2, 0.25) is 0 Å². The molecule has 0 aromatic carbocycles. The van der Waals surface area contributed by atoms with E-state index in [9.17, 15) is 4.79 Å². The second kappa shape index (κ2) is 4.99. The number of aromatic nitrogens is 2. The van der Waals surface area contributed by atoms with Crippen molar-refractivity contribution < 1.29 is 0 Å². The monoisotopic (exact) mass is 285 g/mol. The third-order valence-corrected chi connectivity index (χ3v) is 3.81. The quantitative estimate of drug-likeness (QED) is 0.860. The van der Waals surface area contributed by atoms with Crippen molar-refractivity contribution in [1.82, 2.24) is 9.97 Å². The molecule has 0 spiro atoms. The van der Waals surface area contributed by atoms with Gasteiger partial charge in [0.15, 0.2) is 0 Å². The number of nitrogens with one attached hydrogen (secondary N) is 1. The maximum Gasteiger partial charge on any atom is 0.267 e. The van der Waals surface area contributed by atoms with Crippen LogP contribution in [0.1, 0.15) is 26.2 Å². The number of hydrogen-bond acceptors (Lipinski definition) is 3. The molecule has 0 bridgehead atoms. The molecule has 1 aromatic heterocycles. The lowest BCUT2D eigenvalue weighted by molar-refractivity contribution is 0.521. The van der Waals surface area contributed by atoms with Crippen LogP contribution in [-0.4, -0.2) is 23.1 Å². The molecule has 4 nitrogen and oxygen atoms in total. The van der Waals surface area contributed by atoms with Gasteiger partial charge in [-0.15, -0.1) is 0 Å². The Balaban J connectivity index is 2.23. The number of anilines is 1. The summed E-state index contributed by atoms with van der Waals surface area (Å²) in [5, 5.41) is 0. The van der Waals surface area contributed by atoms with Crippen LogP contribution in [0.25, 0.3) is 0 Å². The molecule has 16 heavy (non-hydrogen) atoms. The van der Waals surface area contributed by atoms with Crippen molar-refractivity contribution in [3.63, 3.8) is 0 Å². The summed E-state index contributed by atoms with van der Waals surface area (Å²) in [4.78, 5) is 20.5. The molecule has 2 heterocycles. The maximum atomic E-state index is 11.5. The van der Waals surface area contributed by atoms with Gasteiger partial charge >= 0.3 is 0 Å². The van der Waals surface area contributed by atoms with E-state index < -0.39 is 0 Å². The minimum absolute atomic E-state index is 0.109. The third kappa shape index (κ3) is 2.45. The molecule has 1 aliphatic heterocycles. The highest BCUT2D eigenvalue weighted by Gasteiger charge is 2.18. The minimum atomic E-state index is -0.109. The first-order valence-corrected chi connectivity index (χ1v) is 6.46. The fourth-order valence-corrected chi connectivity index (χ4v) is 2.54. The number of halogens is 1. The maximum absolute atomic E-state index is 11.5. The van der Waals surface area contributed by atoms with Gasteiger partial charge < -0.3 is 9.88 Å². The molecule has 1 N–H and O–H groups in total. The van der Waals surface area contributed by atoms with Crippen LogP contribution in [0.4, 0.5) is 5.82 Å². The lowest BCUT2D eigenvalue weighted by Crippen LogP contribution is -2.27. The third-order valence-electron chi connectivity index (χ3n) is 3.09. The second-order valence-corrected chi connectivity index (χ2v) is 5.19.